The first-order valence-corrected chi connectivity index (χ1v) is 6.25. The third-order valence-corrected chi connectivity index (χ3v) is 3.24. The standard InChI is InChI=1S/C16H5F4NO2/c17-15(18)9-3-8(7-21)4-11(5-9)23-10-1-2-13-12(6-10)14(22)16(13,19)20/h3-6,15H. The van der Waals surface area contributed by atoms with Crippen LogP contribution in [-0.4, -0.2) is 11.7 Å². The Morgan fingerprint density at radius 3 is 2.61 bits per heavy atom. The smallest absolute Gasteiger partial charge is 0.343 e. The number of carbonyl (C=O) groups excluding carboxylic acids is 1. The lowest BCUT2D eigenvalue weighted by Gasteiger charge is -2.29. The normalized spacial score (nSPS) is 17.6. The lowest BCUT2D eigenvalue weighted by Crippen LogP contribution is -2.45. The molecule has 0 spiro atoms. The Kier molecular flexibility index (Phi) is 3.23. The summed E-state index contributed by atoms with van der Waals surface area (Å²) in [5.74, 6) is -5.17. The van der Waals surface area contributed by atoms with Gasteiger partial charge in [-0.25, -0.2) is 8.78 Å². The van der Waals surface area contributed by atoms with Gasteiger partial charge in [-0.05, 0) is 23.9 Å². The van der Waals surface area contributed by atoms with Gasteiger partial charge in [0.15, 0.2) is 5.76 Å². The van der Waals surface area contributed by atoms with E-state index in [9.17, 15) is 22.4 Å². The minimum Gasteiger partial charge on any atom is -0.448 e. The second-order valence-corrected chi connectivity index (χ2v) is 4.76. The minimum absolute atomic E-state index is 0.0478. The predicted molar refractivity (Wildman–Crippen MR) is 68.8 cm³/mol. The Morgan fingerprint density at radius 1 is 1.22 bits per heavy atom. The number of alkyl halides is 4. The predicted octanol–water partition coefficient (Wildman–Crippen LogP) is 3.60. The highest BCUT2D eigenvalue weighted by molar-refractivity contribution is 6.16. The zero-order valence-corrected chi connectivity index (χ0v) is 11.2. The number of ketones is 1. The van der Waals surface area contributed by atoms with Gasteiger partial charge in [0, 0.05) is 17.2 Å². The molecule has 3 nitrogen and oxygen atoms in total. The molecule has 1 saturated carbocycles. The molecule has 0 heterocycles. The molecule has 0 saturated heterocycles. The molecule has 0 amide bonds. The zero-order chi connectivity index (χ0) is 16.8. The van der Waals surface area contributed by atoms with Gasteiger partial charge in [-0.2, -0.15) is 14.0 Å². The lowest BCUT2D eigenvalue weighted by atomic mass is 9.79. The molecule has 3 rings (SSSR count). The molecule has 2 aliphatic carbocycles. The van der Waals surface area contributed by atoms with E-state index in [2.05, 4.69) is 11.5 Å². The average Bonchev–Trinajstić information content (AvgIpc) is 2.53. The van der Waals surface area contributed by atoms with Crippen LogP contribution >= 0.6 is 0 Å². The van der Waals surface area contributed by atoms with E-state index in [0.717, 1.165) is 18.2 Å². The molecule has 0 bridgehead atoms. The van der Waals surface area contributed by atoms with Crippen LogP contribution in [0.4, 0.5) is 17.6 Å². The largest absolute Gasteiger partial charge is 0.448 e. The Hall–Kier alpha value is -3.06. The van der Waals surface area contributed by atoms with Gasteiger partial charge in [0.05, 0.1) is 17.2 Å². The number of ether oxygens (including phenoxy) is 1. The zero-order valence-electron chi connectivity index (χ0n) is 11.2. The van der Waals surface area contributed by atoms with Gasteiger partial charge in [0.25, 0.3) is 6.43 Å². The second-order valence-electron chi connectivity index (χ2n) is 4.76. The molecule has 114 valence electrons. The number of benzene rings is 1. The molecule has 0 unspecified atom stereocenters. The van der Waals surface area contributed by atoms with Crippen LogP contribution in [0.25, 0.3) is 0 Å². The van der Waals surface area contributed by atoms with Crippen molar-refractivity contribution in [3.05, 3.63) is 63.8 Å². The van der Waals surface area contributed by atoms with Gasteiger partial charge < -0.3 is 4.74 Å². The van der Waals surface area contributed by atoms with Crippen LogP contribution in [0.15, 0.2) is 52.6 Å². The number of rotatable bonds is 3. The molecular formula is C16H5F4NO2. The topological polar surface area (TPSA) is 50.1 Å². The van der Waals surface area contributed by atoms with Crippen molar-refractivity contribution in [3.8, 4) is 11.8 Å². The van der Waals surface area contributed by atoms with Gasteiger partial charge in [0.2, 0.25) is 5.78 Å². The first-order valence-electron chi connectivity index (χ1n) is 6.25. The number of hydrogen-bond donors (Lipinski definition) is 0. The fourth-order valence-electron chi connectivity index (χ4n) is 2.13. The Bertz CT molecular complexity index is 908. The Labute approximate surface area is 127 Å². The van der Waals surface area contributed by atoms with Crippen LogP contribution in [0.5, 0.6) is 5.75 Å². The van der Waals surface area contributed by atoms with E-state index in [4.69, 9.17) is 10.00 Å². The summed E-state index contributed by atoms with van der Waals surface area (Å²) in [6.45, 7) is 0. The Balaban J connectivity index is 1.97. The molecule has 2 aliphatic rings. The third-order valence-electron chi connectivity index (χ3n) is 3.24. The van der Waals surface area contributed by atoms with Gasteiger partial charge in [-0.1, -0.05) is 5.73 Å². The van der Waals surface area contributed by atoms with E-state index in [0.29, 0.717) is 0 Å². The van der Waals surface area contributed by atoms with Crippen molar-refractivity contribution in [2.75, 3.05) is 0 Å². The summed E-state index contributed by atoms with van der Waals surface area (Å²) in [6, 6.07) is 4.94. The van der Waals surface area contributed by atoms with E-state index >= 15 is 0 Å². The molecule has 7 heteroatoms. The SMILES string of the molecule is N#Cc1cc(OC2=C=C=C3C(=C2)C(=O)C3(F)F)cc(C(F)F)c1. The van der Waals surface area contributed by atoms with Crippen molar-refractivity contribution in [3.63, 3.8) is 0 Å². The van der Waals surface area contributed by atoms with Crippen molar-refractivity contribution in [1.29, 1.82) is 5.26 Å². The second kappa shape index (κ2) is 4.99. The quantitative estimate of drug-likeness (QED) is 0.632. The fraction of sp³-hybridized carbons (Fsp3) is 0.125. The monoisotopic (exact) mass is 319 g/mol. The van der Waals surface area contributed by atoms with Gasteiger partial charge in [-0.15, -0.1) is 0 Å². The van der Waals surface area contributed by atoms with E-state index in [-0.39, 0.29) is 22.6 Å². The van der Waals surface area contributed by atoms with Crippen LogP contribution in [0, 0.1) is 11.3 Å². The summed E-state index contributed by atoms with van der Waals surface area (Å²) in [5.41, 5.74) is 3.12. The number of carbonyl (C=O) groups is 1. The average molecular weight is 319 g/mol. The van der Waals surface area contributed by atoms with E-state index in [1.807, 2.05) is 0 Å². The number of Topliss-reactive ketones (excluding diaryl/α,β-unsaturated/α-hetero) is 1. The number of hydrogen-bond acceptors (Lipinski definition) is 3. The van der Waals surface area contributed by atoms with Crippen molar-refractivity contribution in [2.45, 2.75) is 12.3 Å². The number of nitriles is 1. The maximum atomic E-state index is 13.2. The summed E-state index contributed by atoms with van der Waals surface area (Å²) in [7, 11) is 0. The molecule has 1 aromatic rings. The molecule has 0 aliphatic heterocycles. The molecule has 0 radical (unpaired) electrons. The number of fused-ring (bicyclic) bond motifs is 1. The fourth-order valence-corrected chi connectivity index (χ4v) is 2.13. The first-order chi connectivity index (χ1) is 10.8. The first kappa shape index (κ1) is 14.9. The maximum absolute atomic E-state index is 13.2. The summed E-state index contributed by atoms with van der Waals surface area (Å²) < 4.78 is 57.1. The Morgan fingerprint density at radius 2 is 1.96 bits per heavy atom. The van der Waals surface area contributed by atoms with Crippen LogP contribution < -0.4 is 4.74 Å². The minimum atomic E-state index is -3.58. The van der Waals surface area contributed by atoms with Crippen molar-refractivity contribution in [1.82, 2.24) is 0 Å². The molecule has 0 aromatic heterocycles. The molecular weight excluding hydrogens is 314 g/mol. The number of allylic oxidation sites excluding steroid dienone is 3. The third kappa shape index (κ3) is 2.36. The summed E-state index contributed by atoms with van der Waals surface area (Å²) in [4.78, 5) is 11.2. The van der Waals surface area contributed by atoms with Gasteiger partial charge >= 0.3 is 5.92 Å². The molecule has 23 heavy (non-hydrogen) atoms. The van der Waals surface area contributed by atoms with Crippen LogP contribution in [0.3, 0.4) is 0 Å². The lowest BCUT2D eigenvalue weighted by molar-refractivity contribution is -0.139. The molecule has 0 atom stereocenters. The number of halogens is 4. The van der Waals surface area contributed by atoms with Crippen LogP contribution in [0.2, 0.25) is 0 Å². The van der Waals surface area contributed by atoms with Gasteiger partial charge in [0.1, 0.15) is 5.75 Å². The van der Waals surface area contributed by atoms with Crippen LogP contribution in [0.1, 0.15) is 17.6 Å². The molecule has 1 fully saturated rings. The molecule has 1 aromatic carbocycles. The van der Waals surface area contributed by atoms with E-state index in [1.165, 1.54) is 6.07 Å². The van der Waals surface area contributed by atoms with E-state index < -0.39 is 29.3 Å². The van der Waals surface area contributed by atoms with Crippen molar-refractivity contribution >= 4 is 5.78 Å². The van der Waals surface area contributed by atoms with Crippen molar-refractivity contribution in [2.24, 2.45) is 0 Å². The summed E-state index contributed by atoms with van der Waals surface area (Å²) in [6.07, 6.45) is -1.77. The van der Waals surface area contributed by atoms with Crippen LogP contribution in [-0.2, 0) is 4.79 Å². The van der Waals surface area contributed by atoms with Crippen molar-refractivity contribution < 1.29 is 27.1 Å². The summed E-state index contributed by atoms with van der Waals surface area (Å²) >= 11 is 0. The highest BCUT2D eigenvalue weighted by Gasteiger charge is 2.58. The van der Waals surface area contributed by atoms with E-state index in [1.54, 1.807) is 6.07 Å². The highest BCUT2D eigenvalue weighted by atomic mass is 19.3. The number of nitrogens with zero attached hydrogens (tertiary/aromatic N) is 1. The maximum Gasteiger partial charge on any atom is 0.343 e. The molecule has 0 N–H and O–H groups in total. The summed E-state index contributed by atoms with van der Waals surface area (Å²) in [5, 5.41) is 8.82. The van der Waals surface area contributed by atoms with Gasteiger partial charge in [-0.3, -0.25) is 4.79 Å². The highest BCUT2D eigenvalue weighted by Crippen LogP contribution is 2.44.